The molecular formula is C18H17NO3S2. The first kappa shape index (κ1) is 16.7. The van der Waals surface area contributed by atoms with Gasteiger partial charge in [0.2, 0.25) is 0 Å². The van der Waals surface area contributed by atoms with E-state index >= 15 is 0 Å². The predicted octanol–water partition coefficient (Wildman–Crippen LogP) is 4.32. The number of Topliss-reactive ketones (excluding diaryl/α,β-unsaturated/α-hetero) is 1. The van der Waals surface area contributed by atoms with E-state index in [4.69, 9.17) is 4.74 Å². The second-order valence-corrected chi connectivity index (χ2v) is 7.21. The van der Waals surface area contributed by atoms with Crippen molar-refractivity contribution in [2.24, 2.45) is 0 Å². The number of hydrogen-bond acceptors (Lipinski definition) is 5. The summed E-state index contributed by atoms with van der Waals surface area (Å²) in [5.74, 6) is -0.00246. The Hall–Kier alpha value is -2.18. The molecule has 24 heavy (non-hydrogen) atoms. The first-order valence-electron chi connectivity index (χ1n) is 7.62. The Labute approximate surface area is 148 Å². The molecule has 3 rings (SSSR count). The van der Waals surface area contributed by atoms with E-state index in [2.05, 4.69) is 0 Å². The lowest BCUT2D eigenvalue weighted by molar-refractivity contribution is -0.113. The van der Waals surface area contributed by atoms with Gasteiger partial charge in [0, 0.05) is 20.9 Å². The van der Waals surface area contributed by atoms with E-state index in [-0.39, 0.29) is 25.0 Å². The molecule has 2 aromatic heterocycles. The molecule has 2 aromatic rings. The van der Waals surface area contributed by atoms with Crippen LogP contribution in [0.1, 0.15) is 16.7 Å². The fourth-order valence-electron chi connectivity index (χ4n) is 2.47. The van der Waals surface area contributed by atoms with E-state index in [9.17, 15) is 9.59 Å². The summed E-state index contributed by atoms with van der Waals surface area (Å²) in [6.07, 6.45) is 3.33. The van der Waals surface area contributed by atoms with E-state index in [1.807, 2.05) is 47.2 Å². The second-order valence-electron chi connectivity index (χ2n) is 5.25. The maximum Gasteiger partial charge on any atom is 0.410 e. The number of ketones is 1. The maximum absolute atomic E-state index is 12.8. The van der Waals surface area contributed by atoms with Gasteiger partial charge in [-0.1, -0.05) is 12.1 Å². The zero-order chi connectivity index (χ0) is 16.9. The molecule has 0 spiro atoms. The summed E-state index contributed by atoms with van der Waals surface area (Å²) in [5, 5.41) is 3.93. The Morgan fingerprint density at radius 2 is 1.67 bits per heavy atom. The number of likely N-dealkylation sites (tertiary alicyclic amines) is 1. The van der Waals surface area contributed by atoms with Crippen molar-refractivity contribution in [3.05, 3.63) is 55.9 Å². The topological polar surface area (TPSA) is 46.6 Å². The third-order valence-corrected chi connectivity index (χ3v) is 5.19. The molecule has 1 saturated heterocycles. The van der Waals surface area contributed by atoms with E-state index in [1.165, 1.54) is 0 Å². The van der Waals surface area contributed by atoms with Crippen molar-refractivity contribution in [2.45, 2.75) is 6.92 Å². The lowest BCUT2D eigenvalue weighted by Gasteiger charge is -2.28. The van der Waals surface area contributed by atoms with Gasteiger partial charge in [0.1, 0.15) is 0 Å². The minimum Gasteiger partial charge on any atom is -0.450 e. The zero-order valence-corrected chi connectivity index (χ0v) is 14.9. The van der Waals surface area contributed by atoms with Gasteiger partial charge in [-0.15, -0.1) is 22.7 Å². The molecule has 3 heterocycles. The van der Waals surface area contributed by atoms with Crippen molar-refractivity contribution < 1.29 is 14.3 Å². The second kappa shape index (κ2) is 7.59. The highest BCUT2D eigenvalue weighted by Gasteiger charge is 2.29. The third-order valence-electron chi connectivity index (χ3n) is 3.55. The highest BCUT2D eigenvalue weighted by molar-refractivity contribution is 7.11. The average Bonchev–Trinajstić information content (AvgIpc) is 3.25. The molecule has 0 N–H and O–H groups in total. The molecule has 0 bridgehead atoms. The van der Waals surface area contributed by atoms with Crippen LogP contribution < -0.4 is 0 Å². The van der Waals surface area contributed by atoms with E-state index < -0.39 is 0 Å². The van der Waals surface area contributed by atoms with Gasteiger partial charge in [0.05, 0.1) is 19.7 Å². The summed E-state index contributed by atoms with van der Waals surface area (Å²) >= 11 is 3.13. The van der Waals surface area contributed by atoms with Crippen molar-refractivity contribution in [3.63, 3.8) is 0 Å². The lowest BCUT2D eigenvalue weighted by Crippen LogP contribution is -2.41. The van der Waals surface area contributed by atoms with Gasteiger partial charge < -0.3 is 4.74 Å². The average molecular weight is 359 g/mol. The van der Waals surface area contributed by atoms with Gasteiger partial charge >= 0.3 is 6.09 Å². The molecule has 1 aliphatic rings. The van der Waals surface area contributed by atoms with Crippen LogP contribution in [0.2, 0.25) is 0 Å². The molecule has 0 saturated carbocycles. The Balaban J connectivity index is 1.93. The van der Waals surface area contributed by atoms with Crippen molar-refractivity contribution in [2.75, 3.05) is 19.7 Å². The Morgan fingerprint density at radius 1 is 1.12 bits per heavy atom. The third kappa shape index (κ3) is 3.83. The van der Waals surface area contributed by atoms with Crippen LogP contribution in [-0.2, 0) is 9.53 Å². The highest BCUT2D eigenvalue weighted by atomic mass is 32.1. The molecule has 0 unspecified atom stereocenters. The molecule has 6 heteroatoms. The first-order valence-corrected chi connectivity index (χ1v) is 9.38. The summed E-state index contributed by atoms with van der Waals surface area (Å²) in [6, 6.07) is 7.79. The minimum atomic E-state index is -0.390. The van der Waals surface area contributed by atoms with Crippen LogP contribution in [0.15, 0.2) is 46.2 Å². The van der Waals surface area contributed by atoms with Crippen molar-refractivity contribution in [3.8, 4) is 0 Å². The monoisotopic (exact) mass is 359 g/mol. The molecule has 0 atom stereocenters. The van der Waals surface area contributed by atoms with E-state index in [0.717, 1.165) is 9.75 Å². The fraction of sp³-hybridized carbons (Fsp3) is 0.222. The summed E-state index contributed by atoms with van der Waals surface area (Å²) in [7, 11) is 0. The molecule has 0 aliphatic carbocycles. The number of carbonyl (C=O) groups is 2. The minimum absolute atomic E-state index is 0.00246. The normalized spacial score (nSPS) is 18.4. The van der Waals surface area contributed by atoms with Crippen molar-refractivity contribution in [1.29, 1.82) is 0 Å². The van der Waals surface area contributed by atoms with Crippen LogP contribution in [0, 0.1) is 0 Å². The largest absolute Gasteiger partial charge is 0.450 e. The summed E-state index contributed by atoms with van der Waals surface area (Å²) in [5.41, 5.74) is 1.22. The molecule has 0 aromatic carbocycles. The zero-order valence-electron chi connectivity index (χ0n) is 13.2. The molecule has 4 nitrogen and oxygen atoms in total. The number of piperidine rings is 1. The maximum atomic E-state index is 12.8. The van der Waals surface area contributed by atoms with Crippen molar-refractivity contribution >= 4 is 46.7 Å². The van der Waals surface area contributed by atoms with Gasteiger partial charge in [-0.2, -0.15) is 0 Å². The number of hydrogen-bond donors (Lipinski definition) is 0. The van der Waals surface area contributed by atoms with Crippen LogP contribution in [0.4, 0.5) is 4.79 Å². The van der Waals surface area contributed by atoms with E-state index in [1.54, 1.807) is 34.5 Å². The predicted molar refractivity (Wildman–Crippen MR) is 98.2 cm³/mol. The van der Waals surface area contributed by atoms with Crippen LogP contribution in [0.25, 0.3) is 12.2 Å². The summed E-state index contributed by atoms with van der Waals surface area (Å²) in [4.78, 5) is 28.5. The number of thiophene rings is 2. The molecule has 1 aliphatic heterocycles. The number of carbonyl (C=O) groups excluding carboxylic acids is 2. The standard InChI is InChI=1S/C18H17NO3S2/c1-2-22-18(21)19-11-13(9-15-5-3-7-23-15)17(20)14(12-19)10-16-6-4-8-24-16/h3-10H,2,11-12H2,1H3/b13-9-,14-10+. The number of rotatable bonds is 3. The summed E-state index contributed by atoms with van der Waals surface area (Å²) in [6.45, 7) is 2.64. The number of ether oxygens (including phenoxy) is 1. The number of amides is 1. The van der Waals surface area contributed by atoms with Crippen LogP contribution in [0.3, 0.4) is 0 Å². The Morgan fingerprint density at radius 3 is 2.08 bits per heavy atom. The Bertz CT molecular complexity index is 717. The van der Waals surface area contributed by atoms with Gasteiger partial charge in [0.25, 0.3) is 0 Å². The van der Waals surface area contributed by atoms with E-state index in [0.29, 0.717) is 17.8 Å². The highest BCUT2D eigenvalue weighted by Crippen LogP contribution is 2.25. The SMILES string of the molecule is CCOC(=O)N1C/C(=C/c2cccs2)C(=O)/C(=C/c2cccs2)C1. The molecule has 1 amide bonds. The Kier molecular flexibility index (Phi) is 5.27. The molecular weight excluding hydrogens is 342 g/mol. The summed E-state index contributed by atoms with van der Waals surface area (Å²) < 4.78 is 5.11. The van der Waals surface area contributed by atoms with Gasteiger partial charge in [-0.3, -0.25) is 9.69 Å². The fourth-order valence-corrected chi connectivity index (χ4v) is 3.84. The molecule has 1 fully saturated rings. The quantitative estimate of drug-likeness (QED) is 0.767. The number of nitrogens with zero attached hydrogens (tertiary/aromatic N) is 1. The van der Waals surface area contributed by atoms with Crippen LogP contribution in [-0.4, -0.2) is 36.5 Å². The first-order chi connectivity index (χ1) is 11.7. The van der Waals surface area contributed by atoms with Gasteiger partial charge in [-0.05, 0) is 42.0 Å². The van der Waals surface area contributed by atoms with Gasteiger partial charge in [0.15, 0.2) is 5.78 Å². The van der Waals surface area contributed by atoms with Crippen LogP contribution >= 0.6 is 22.7 Å². The lowest BCUT2D eigenvalue weighted by atomic mass is 9.97. The molecule has 0 radical (unpaired) electrons. The molecule has 124 valence electrons. The van der Waals surface area contributed by atoms with Crippen LogP contribution in [0.5, 0.6) is 0 Å². The van der Waals surface area contributed by atoms with Crippen molar-refractivity contribution in [1.82, 2.24) is 4.90 Å². The van der Waals surface area contributed by atoms with Gasteiger partial charge in [-0.25, -0.2) is 4.79 Å². The smallest absolute Gasteiger partial charge is 0.410 e.